The Bertz CT molecular complexity index is 475. The van der Waals surface area contributed by atoms with Gasteiger partial charge in [-0.15, -0.1) is 0 Å². The maximum absolute atomic E-state index is 12.2. The van der Waals surface area contributed by atoms with Crippen molar-refractivity contribution in [1.29, 1.82) is 0 Å². The number of rotatable bonds is 4. The Hall–Kier alpha value is -1.08. The number of thiazole rings is 1. The van der Waals surface area contributed by atoms with Gasteiger partial charge in [0.25, 0.3) is 0 Å². The molecule has 0 saturated carbocycles. The summed E-state index contributed by atoms with van der Waals surface area (Å²) in [6.45, 7) is 3.86. The van der Waals surface area contributed by atoms with Crippen molar-refractivity contribution in [3.63, 3.8) is 0 Å². The van der Waals surface area contributed by atoms with Crippen LogP contribution >= 0.6 is 23.1 Å². The van der Waals surface area contributed by atoms with E-state index in [1.54, 1.807) is 6.20 Å². The summed E-state index contributed by atoms with van der Waals surface area (Å²) in [5.74, 6) is -0.171. The molecule has 0 bridgehead atoms. The fourth-order valence-corrected chi connectivity index (χ4v) is 3.88. The number of aromatic nitrogens is 1. The molecule has 2 amide bonds. The molecule has 1 saturated heterocycles. The van der Waals surface area contributed by atoms with Crippen LogP contribution < -0.4 is 5.73 Å². The van der Waals surface area contributed by atoms with Gasteiger partial charge in [-0.3, -0.25) is 14.5 Å². The summed E-state index contributed by atoms with van der Waals surface area (Å²) in [5, 5.41) is 0.152. The zero-order chi connectivity index (χ0) is 13.3. The fourth-order valence-electron chi connectivity index (χ4n) is 1.83. The van der Waals surface area contributed by atoms with E-state index in [1.165, 1.54) is 28.0 Å². The molecule has 2 atom stereocenters. The number of amides is 2. The van der Waals surface area contributed by atoms with E-state index in [1.807, 2.05) is 13.8 Å². The average Bonchev–Trinajstić information content (AvgIpc) is 2.84. The van der Waals surface area contributed by atoms with E-state index >= 15 is 0 Å². The van der Waals surface area contributed by atoms with E-state index in [4.69, 9.17) is 5.73 Å². The van der Waals surface area contributed by atoms with Gasteiger partial charge >= 0.3 is 0 Å². The second-order valence-corrected chi connectivity index (χ2v) is 6.75. The number of hydrogen-bond donors (Lipinski definition) is 1. The van der Waals surface area contributed by atoms with E-state index in [0.717, 1.165) is 10.6 Å². The van der Waals surface area contributed by atoms with Gasteiger partial charge in [-0.05, 0) is 13.3 Å². The fraction of sp³-hybridized carbons (Fsp3) is 0.545. The van der Waals surface area contributed by atoms with E-state index in [-0.39, 0.29) is 29.5 Å². The topological polar surface area (TPSA) is 76.3 Å². The molecule has 2 unspecified atom stereocenters. The maximum Gasteiger partial charge on any atom is 0.243 e. The van der Waals surface area contributed by atoms with Gasteiger partial charge in [0.15, 0.2) is 5.13 Å². The van der Waals surface area contributed by atoms with Gasteiger partial charge in [0, 0.05) is 12.5 Å². The van der Waals surface area contributed by atoms with Crippen molar-refractivity contribution in [3.05, 3.63) is 6.20 Å². The first kappa shape index (κ1) is 13.4. The second-order valence-electron chi connectivity index (χ2n) is 4.19. The summed E-state index contributed by atoms with van der Waals surface area (Å²) in [4.78, 5) is 29.3. The van der Waals surface area contributed by atoms with Crippen LogP contribution in [-0.2, 0) is 9.59 Å². The molecule has 1 aliphatic heterocycles. The molecule has 2 rings (SSSR count). The second kappa shape index (κ2) is 5.27. The highest BCUT2D eigenvalue weighted by Crippen LogP contribution is 2.35. The summed E-state index contributed by atoms with van der Waals surface area (Å²) < 4.78 is 0.879. The molecule has 1 aromatic rings. The van der Waals surface area contributed by atoms with Gasteiger partial charge in [-0.2, -0.15) is 0 Å². The predicted octanol–water partition coefficient (Wildman–Crippen LogP) is 1.74. The normalized spacial score (nSPS) is 21.7. The summed E-state index contributed by atoms with van der Waals surface area (Å²) >= 11 is 2.72. The van der Waals surface area contributed by atoms with Gasteiger partial charge < -0.3 is 5.73 Å². The number of carbonyl (C=O) groups is 2. The van der Waals surface area contributed by atoms with E-state index in [9.17, 15) is 9.59 Å². The zero-order valence-electron chi connectivity index (χ0n) is 10.3. The molecule has 1 aromatic heterocycles. The molecule has 0 aliphatic carbocycles. The number of nitrogen functional groups attached to an aromatic ring is 1. The molecular formula is C11H15N3O2S2. The standard InChI is InChI=1S/C11H15N3O2S2/c1-3-6(2)14-8(15)4-7(10(14)16)17-9-5-13-11(12)18-9/h5-7H,3-4H2,1-2H3,(H2,12,13). The predicted molar refractivity (Wildman–Crippen MR) is 72.4 cm³/mol. The highest BCUT2D eigenvalue weighted by molar-refractivity contribution is 8.02. The van der Waals surface area contributed by atoms with Crippen LogP contribution in [0.5, 0.6) is 0 Å². The van der Waals surface area contributed by atoms with Crippen LogP contribution in [0.3, 0.4) is 0 Å². The Morgan fingerprint density at radius 3 is 2.94 bits per heavy atom. The Morgan fingerprint density at radius 1 is 1.67 bits per heavy atom. The molecular weight excluding hydrogens is 270 g/mol. The molecule has 18 heavy (non-hydrogen) atoms. The number of likely N-dealkylation sites (tertiary alicyclic amines) is 1. The molecule has 1 fully saturated rings. The first-order valence-electron chi connectivity index (χ1n) is 5.76. The monoisotopic (exact) mass is 285 g/mol. The number of imide groups is 1. The van der Waals surface area contributed by atoms with Crippen molar-refractivity contribution in [1.82, 2.24) is 9.88 Å². The van der Waals surface area contributed by atoms with Crippen LogP contribution in [0.15, 0.2) is 10.4 Å². The lowest BCUT2D eigenvalue weighted by atomic mass is 10.2. The van der Waals surface area contributed by atoms with Gasteiger partial charge in [-0.1, -0.05) is 30.0 Å². The Labute approximate surface area is 114 Å². The van der Waals surface area contributed by atoms with Crippen LogP contribution in [0.4, 0.5) is 5.13 Å². The van der Waals surface area contributed by atoms with Crippen molar-refractivity contribution in [2.75, 3.05) is 5.73 Å². The van der Waals surface area contributed by atoms with Crippen molar-refractivity contribution >= 4 is 40.0 Å². The third-order valence-electron chi connectivity index (χ3n) is 2.93. The van der Waals surface area contributed by atoms with Crippen molar-refractivity contribution in [3.8, 4) is 0 Å². The molecule has 0 spiro atoms. The van der Waals surface area contributed by atoms with Gasteiger partial charge in [-0.25, -0.2) is 4.98 Å². The zero-order valence-corrected chi connectivity index (χ0v) is 11.9. The quantitative estimate of drug-likeness (QED) is 0.853. The van der Waals surface area contributed by atoms with Gasteiger partial charge in [0.1, 0.15) is 0 Å². The molecule has 1 aliphatic rings. The lowest BCUT2D eigenvalue weighted by Gasteiger charge is -2.21. The maximum atomic E-state index is 12.2. The Kier molecular flexibility index (Phi) is 3.91. The van der Waals surface area contributed by atoms with E-state index < -0.39 is 0 Å². The van der Waals surface area contributed by atoms with Gasteiger partial charge in [0.2, 0.25) is 11.8 Å². The third-order valence-corrected chi connectivity index (χ3v) is 5.08. The number of carbonyl (C=O) groups excluding carboxylic acids is 2. The minimum atomic E-state index is -0.327. The molecule has 98 valence electrons. The van der Waals surface area contributed by atoms with E-state index in [2.05, 4.69) is 4.98 Å². The number of nitrogens with two attached hydrogens (primary N) is 1. The largest absolute Gasteiger partial charge is 0.375 e. The lowest BCUT2D eigenvalue weighted by molar-refractivity contribution is -0.140. The summed E-state index contributed by atoms with van der Waals surface area (Å²) in [7, 11) is 0. The van der Waals surface area contributed by atoms with Crippen LogP contribution in [0.1, 0.15) is 26.7 Å². The third kappa shape index (κ3) is 2.51. The summed E-state index contributed by atoms with van der Waals surface area (Å²) in [6.07, 6.45) is 2.70. The SMILES string of the molecule is CCC(C)N1C(=O)CC(Sc2cnc(N)s2)C1=O. The molecule has 0 aromatic carbocycles. The Morgan fingerprint density at radius 2 is 2.39 bits per heavy atom. The van der Waals surface area contributed by atoms with Crippen LogP contribution in [0.2, 0.25) is 0 Å². The van der Waals surface area contributed by atoms with Crippen LogP contribution in [0.25, 0.3) is 0 Å². The van der Waals surface area contributed by atoms with Crippen molar-refractivity contribution < 1.29 is 9.59 Å². The molecule has 5 nitrogen and oxygen atoms in total. The molecule has 0 radical (unpaired) electrons. The highest BCUT2D eigenvalue weighted by Gasteiger charge is 2.41. The molecule has 2 N–H and O–H groups in total. The Balaban J connectivity index is 2.08. The number of hydrogen-bond acceptors (Lipinski definition) is 6. The number of nitrogens with zero attached hydrogens (tertiary/aromatic N) is 2. The van der Waals surface area contributed by atoms with Crippen LogP contribution in [-0.4, -0.2) is 33.0 Å². The minimum Gasteiger partial charge on any atom is -0.375 e. The molecule has 7 heteroatoms. The lowest BCUT2D eigenvalue weighted by Crippen LogP contribution is -2.38. The van der Waals surface area contributed by atoms with Crippen LogP contribution in [0, 0.1) is 0 Å². The summed E-state index contributed by atoms with van der Waals surface area (Å²) in [5.41, 5.74) is 5.54. The number of thioether (sulfide) groups is 1. The average molecular weight is 285 g/mol. The van der Waals surface area contributed by atoms with Gasteiger partial charge in [0.05, 0.1) is 15.7 Å². The van der Waals surface area contributed by atoms with Crippen molar-refractivity contribution in [2.45, 2.75) is 42.2 Å². The molecule has 2 heterocycles. The summed E-state index contributed by atoms with van der Waals surface area (Å²) in [6, 6.07) is -0.0258. The van der Waals surface area contributed by atoms with E-state index in [0.29, 0.717) is 5.13 Å². The number of anilines is 1. The van der Waals surface area contributed by atoms with Crippen molar-refractivity contribution in [2.24, 2.45) is 0 Å². The first-order chi connectivity index (χ1) is 8.52. The first-order valence-corrected chi connectivity index (χ1v) is 7.46. The minimum absolute atomic E-state index is 0.0258. The smallest absolute Gasteiger partial charge is 0.243 e. The highest BCUT2D eigenvalue weighted by atomic mass is 32.2.